The first-order valence-electron chi connectivity index (χ1n) is 11.5. The van der Waals surface area contributed by atoms with Gasteiger partial charge in [-0.1, -0.05) is 62.2 Å². The van der Waals surface area contributed by atoms with Crippen LogP contribution in [0, 0.1) is 0 Å². The lowest BCUT2D eigenvalue weighted by molar-refractivity contribution is 0.195. The fourth-order valence-electron chi connectivity index (χ4n) is 7.37. The Morgan fingerprint density at radius 2 is 1.47 bits per heavy atom. The second kappa shape index (κ2) is 5.32. The van der Waals surface area contributed by atoms with E-state index >= 15 is 0 Å². The minimum atomic E-state index is 0.138. The van der Waals surface area contributed by atoms with Crippen LogP contribution in [-0.4, -0.2) is 19.3 Å². The van der Waals surface area contributed by atoms with Crippen molar-refractivity contribution in [3.05, 3.63) is 66.2 Å². The first-order valence-corrected chi connectivity index (χ1v) is 11.5. The standard InChI is InChI=1S/C27H27BN2/c1-26-16-6-7-17-27(26,2)30-23-15-9-14-22-24(23)28(20-12-8-10-18(26)25(20)30)19-11-4-5-13-21(19)29(22)3/h4-5,8-15H,6-7,16-17H2,1-3H3. The Kier molecular flexibility index (Phi) is 3.02. The minimum Gasteiger partial charge on any atom is -0.345 e. The molecule has 30 heavy (non-hydrogen) atoms. The highest BCUT2D eigenvalue weighted by atomic mass is 15.3. The van der Waals surface area contributed by atoms with E-state index in [4.69, 9.17) is 0 Å². The topological polar surface area (TPSA) is 6.48 Å². The third-order valence-electron chi connectivity index (χ3n) is 9.03. The molecule has 1 fully saturated rings. The number of rotatable bonds is 0. The van der Waals surface area contributed by atoms with Crippen LogP contribution in [-0.2, 0) is 5.41 Å². The van der Waals surface area contributed by atoms with Crippen LogP contribution in [0.1, 0.15) is 45.1 Å². The van der Waals surface area contributed by atoms with Crippen molar-refractivity contribution in [2.45, 2.75) is 50.5 Å². The SMILES string of the molecule is CN1c2ccccc2B2c3cccc4c3N(c3cccc1c32)C1(C)CCCCC41C. The molecule has 3 aliphatic heterocycles. The van der Waals surface area contributed by atoms with Crippen LogP contribution in [0.15, 0.2) is 60.7 Å². The summed E-state index contributed by atoms with van der Waals surface area (Å²) in [4.78, 5) is 5.17. The van der Waals surface area contributed by atoms with Crippen LogP contribution in [0.5, 0.6) is 0 Å². The molecular formula is C27H27BN2. The van der Waals surface area contributed by atoms with Crippen molar-refractivity contribution < 1.29 is 0 Å². The molecule has 0 aromatic heterocycles. The number of benzene rings is 3. The van der Waals surface area contributed by atoms with Gasteiger partial charge in [0.2, 0.25) is 0 Å². The van der Waals surface area contributed by atoms with E-state index in [-0.39, 0.29) is 11.0 Å². The fourth-order valence-corrected chi connectivity index (χ4v) is 7.37. The highest BCUT2D eigenvalue weighted by Gasteiger charge is 2.60. The van der Waals surface area contributed by atoms with Gasteiger partial charge in [0, 0.05) is 35.2 Å². The second-order valence-corrected chi connectivity index (χ2v) is 10.2. The van der Waals surface area contributed by atoms with E-state index in [2.05, 4.69) is 91.4 Å². The van der Waals surface area contributed by atoms with Gasteiger partial charge in [0.05, 0.1) is 5.54 Å². The van der Waals surface area contributed by atoms with Gasteiger partial charge < -0.3 is 9.80 Å². The Bertz CT molecular complexity index is 1230. The zero-order chi connectivity index (χ0) is 20.3. The van der Waals surface area contributed by atoms with Crippen LogP contribution in [0.25, 0.3) is 0 Å². The van der Waals surface area contributed by atoms with Crippen molar-refractivity contribution in [1.82, 2.24) is 0 Å². The molecule has 148 valence electrons. The number of anilines is 4. The van der Waals surface area contributed by atoms with Gasteiger partial charge in [-0.3, -0.25) is 0 Å². The Hall–Kier alpha value is -2.68. The summed E-state index contributed by atoms with van der Waals surface area (Å²) in [5, 5.41) is 0. The molecule has 3 aromatic rings. The maximum Gasteiger partial charge on any atom is 0.252 e. The van der Waals surface area contributed by atoms with Crippen molar-refractivity contribution in [1.29, 1.82) is 0 Å². The Morgan fingerprint density at radius 1 is 0.767 bits per heavy atom. The fraction of sp³-hybridized carbons (Fsp3) is 0.333. The molecular weight excluding hydrogens is 363 g/mol. The van der Waals surface area contributed by atoms with Gasteiger partial charge in [0.25, 0.3) is 6.71 Å². The zero-order valence-electron chi connectivity index (χ0n) is 18.1. The lowest BCUT2D eigenvalue weighted by Gasteiger charge is -2.52. The molecule has 0 bridgehead atoms. The second-order valence-electron chi connectivity index (χ2n) is 10.2. The third-order valence-corrected chi connectivity index (χ3v) is 9.03. The average molecular weight is 390 g/mol. The number of hydrogen-bond acceptors (Lipinski definition) is 2. The summed E-state index contributed by atoms with van der Waals surface area (Å²) in [6.07, 6.45) is 5.21. The van der Waals surface area contributed by atoms with E-state index < -0.39 is 0 Å². The maximum absolute atomic E-state index is 2.77. The molecule has 2 nitrogen and oxygen atoms in total. The van der Waals surface area contributed by atoms with E-state index in [1.165, 1.54) is 64.8 Å². The molecule has 0 saturated heterocycles. The Balaban J connectivity index is 1.63. The minimum absolute atomic E-state index is 0.138. The first-order chi connectivity index (χ1) is 14.6. The first kappa shape index (κ1) is 17.1. The Morgan fingerprint density at radius 3 is 2.37 bits per heavy atom. The highest BCUT2D eigenvalue weighted by Crippen LogP contribution is 2.61. The van der Waals surface area contributed by atoms with E-state index in [0.717, 1.165) is 0 Å². The molecule has 0 N–H and O–H groups in total. The van der Waals surface area contributed by atoms with Crippen LogP contribution in [0.2, 0.25) is 0 Å². The third kappa shape index (κ3) is 1.68. The number of para-hydroxylation sites is 2. The summed E-state index contributed by atoms with van der Waals surface area (Å²) in [7, 11) is 2.23. The van der Waals surface area contributed by atoms with Crippen LogP contribution in [0.3, 0.4) is 0 Å². The summed E-state index contributed by atoms with van der Waals surface area (Å²) < 4.78 is 0. The van der Waals surface area contributed by atoms with Gasteiger partial charge in [-0.05, 0) is 59.9 Å². The maximum atomic E-state index is 2.77. The molecule has 3 aromatic carbocycles. The van der Waals surface area contributed by atoms with E-state index in [9.17, 15) is 0 Å². The van der Waals surface area contributed by atoms with Crippen LogP contribution < -0.4 is 26.2 Å². The van der Waals surface area contributed by atoms with Crippen molar-refractivity contribution >= 4 is 45.9 Å². The summed E-state index contributed by atoms with van der Waals surface area (Å²) in [6, 6.07) is 23.1. The van der Waals surface area contributed by atoms with Gasteiger partial charge in [-0.15, -0.1) is 0 Å². The molecule has 4 aliphatic rings. The van der Waals surface area contributed by atoms with E-state index in [1.54, 1.807) is 5.56 Å². The number of nitrogens with zero attached hydrogens (tertiary/aromatic N) is 2. The molecule has 3 heterocycles. The number of fused-ring (bicyclic) bond motifs is 7. The van der Waals surface area contributed by atoms with Gasteiger partial charge in [-0.25, -0.2) is 0 Å². The molecule has 2 unspecified atom stereocenters. The zero-order valence-corrected chi connectivity index (χ0v) is 18.1. The van der Waals surface area contributed by atoms with Crippen molar-refractivity contribution in [3.8, 4) is 0 Å². The van der Waals surface area contributed by atoms with Gasteiger partial charge >= 0.3 is 0 Å². The van der Waals surface area contributed by atoms with E-state index in [0.29, 0.717) is 6.71 Å². The summed E-state index contributed by atoms with van der Waals surface area (Å²) in [6.45, 7) is 5.40. The van der Waals surface area contributed by atoms with E-state index in [1.807, 2.05) is 0 Å². The monoisotopic (exact) mass is 390 g/mol. The summed E-state index contributed by atoms with van der Waals surface area (Å²) in [5.74, 6) is 0. The molecule has 7 rings (SSSR count). The van der Waals surface area contributed by atoms with Crippen molar-refractivity contribution in [2.24, 2.45) is 0 Å². The van der Waals surface area contributed by atoms with Crippen LogP contribution in [0.4, 0.5) is 22.7 Å². The van der Waals surface area contributed by atoms with Crippen molar-refractivity contribution in [2.75, 3.05) is 16.8 Å². The molecule has 3 heteroatoms. The molecule has 2 atom stereocenters. The summed E-state index contributed by atoms with van der Waals surface area (Å²) in [5.41, 5.74) is 12.0. The van der Waals surface area contributed by atoms with Crippen LogP contribution >= 0.6 is 0 Å². The molecule has 1 aliphatic carbocycles. The molecule has 0 amide bonds. The average Bonchev–Trinajstić information content (AvgIpc) is 2.99. The number of hydrogen-bond donors (Lipinski definition) is 0. The quantitative estimate of drug-likeness (QED) is 0.527. The molecule has 1 saturated carbocycles. The predicted octanol–water partition coefficient (Wildman–Crippen LogP) is 4.34. The van der Waals surface area contributed by atoms with Crippen molar-refractivity contribution in [3.63, 3.8) is 0 Å². The smallest absolute Gasteiger partial charge is 0.252 e. The lowest BCUT2D eigenvalue weighted by atomic mass is 9.33. The predicted molar refractivity (Wildman–Crippen MR) is 128 cm³/mol. The molecule has 0 spiro atoms. The Labute approximate surface area is 179 Å². The van der Waals surface area contributed by atoms with Gasteiger partial charge in [-0.2, -0.15) is 0 Å². The normalized spacial score (nSPS) is 27.4. The summed E-state index contributed by atoms with van der Waals surface area (Å²) >= 11 is 0. The highest BCUT2D eigenvalue weighted by molar-refractivity contribution is 7.00. The van der Waals surface area contributed by atoms with Gasteiger partial charge in [0.15, 0.2) is 0 Å². The lowest BCUT2D eigenvalue weighted by Crippen LogP contribution is -2.64. The van der Waals surface area contributed by atoms with Gasteiger partial charge in [0.1, 0.15) is 0 Å². The molecule has 0 radical (unpaired) electrons. The largest absolute Gasteiger partial charge is 0.345 e.